The molecule has 0 amide bonds. The summed E-state index contributed by atoms with van der Waals surface area (Å²) in [6.45, 7) is 0.463. The standard InChI is InChI=1S/C20H19Cl2FN4O2S/c1-26-11-20(24-12-26)30(28,29)27-9-16(13-2-4-14(23)5-3-13)19(10-27)25-15-6-7-17(21)18(22)8-15/h2-8,11-12,16,19,25H,9-10H2,1H3/t16-,19+/m1/s1. The van der Waals surface area contributed by atoms with E-state index in [2.05, 4.69) is 10.3 Å². The van der Waals surface area contributed by atoms with Crippen LogP contribution in [0.1, 0.15) is 11.5 Å². The first-order valence-electron chi connectivity index (χ1n) is 9.19. The average Bonchev–Trinajstić information content (AvgIpc) is 3.33. The van der Waals surface area contributed by atoms with E-state index < -0.39 is 10.0 Å². The molecular formula is C20H19Cl2FN4O2S. The maximum atomic E-state index is 13.4. The van der Waals surface area contributed by atoms with Gasteiger partial charge in [-0.2, -0.15) is 4.31 Å². The summed E-state index contributed by atoms with van der Waals surface area (Å²) in [5, 5.41) is 4.19. The average molecular weight is 469 g/mol. The van der Waals surface area contributed by atoms with Gasteiger partial charge in [-0.1, -0.05) is 35.3 Å². The van der Waals surface area contributed by atoms with Gasteiger partial charge in [0.05, 0.1) is 16.4 Å². The summed E-state index contributed by atoms with van der Waals surface area (Å²) < 4.78 is 42.6. The van der Waals surface area contributed by atoms with E-state index in [9.17, 15) is 12.8 Å². The molecule has 2 heterocycles. The van der Waals surface area contributed by atoms with Gasteiger partial charge in [0.25, 0.3) is 10.0 Å². The minimum absolute atomic E-state index is 0.00181. The third-order valence-corrected chi connectivity index (χ3v) is 7.60. The second kappa shape index (κ2) is 8.19. The quantitative estimate of drug-likeness (QED) is 0.610. The smallest absolute Gasteiger partial charge is 0.262 e. The van der Waals surface area contributed by atoms with Crippen molar-refractivity contribution >= 4 is 38.9 Å². The summed E-state index contributed by atoms with van der Waals surface area (Å²) in [6, 6.07) is 11.0. The van der Waals surface area contributed by atoms with Crippen LogP contribution in [0.2, 0.25) is 10.0 Å². The highest BCUT2D eigenvalue weighted by Crippen LogP contribution is 2.34. The van der Waals surface area contributed by atoms with Crippen LogP contribution in [0.5, 0.6) is 0 Å². The molecule has 1 aliphatic heterocycles. The monoisotopic (exact) mass is 468 g/mol. The number of benzene rings is 2. The maximum Gasteiger partial charge on any atom is 0.262 e. The Balaban J connectivity index is 1.66. The number of nitrogens with zero attached hydrogens (tertiary/aromatic N) is 3. The van der Waals surface area contributed by atoms with Gasteiger partial charge in [-0.15, -0.1) is 0 Å². The van der Waals surface area contributed by atoms with E-state index >= 15 is 0 Å². The number of aromatic nitrogens is 2. The van der Waals surface area contributed by atoms with Crippen molar-refractivity contribution in [2.24, 2.45) is 7.05 Å². The van der Waals surface area contributed by atoms with E-state index in [4.69, 9.17) is 23.2 Å². The number of sulfonamides is 1. The Morgan fingerprint density at radius 2 is 1.83 bits per heavy atom. The Labute approximate surface area is 184 Å². The van der Waals surface area contributed by atoms with E-state index in [1.807, 2.05) is 0 Å². The molecule has 0 unspecified atom stereocenters. The van der Waals surface area contributed by atoms with Gasteiger partial charge < -0.3 is 9.88 Å². The number of hydrogen-bond acceptors (Lipinski definition) is 4. The molecule has 1 fully saturated rings. The third kappa shape index (κ3) is 4.18. The molecular weight excluding hydrogens is 450 g/mol. The highest BCUT2D eigenvalue weighted by molar-refractivity contribution is 7.89. The van der Waals surface area contributed by atoms with Crippen molar-refractivity contribution in [1.82, 2.24) is 13.9 Å². The number of rotatable bonds is 5. The van der Waals surface area contributed by atoms with Crippen LogP contribution in [0.15, 0.2) is 60.0 Å². The summed E-state index contributed by atoms with van der Waals surface area (Å²) in [7, 11) is -2.05. The number of aryl methyl sites for hydroxylation is 1. The fourth-order valence-corrected chi connectivity index (χ4v) is 5.37. The zero-order valence-corrected chi connectivity index (χ0v) is 18.3. The summed E-state index contributed by atoms with van der Waals surface area (Å²) in [4.78, 5) is 4.00. The lowest BCUT2D eigenvalue weighted by Gasteiger charge is -2.21. The minimum Gasteiger partial charge on any atom is -0.380 e. The number of anilines is 1. The molecule has 0 bridgehead atoms. The lowest BCUT2D eigenvalue weighted by Crippen LogP contribution is -2.32. The first-order valence-corrected chi connectivity index (χ1v) is 11.4. The topological polar surface area (TPSA) is 67.2 Å². The molecule has 1 aromatic heterocycles. The lowest BCUT2D eigenvalue weighted by atomic mass is 9.94. The summed E-state index contributed by atoms with van der Waals surface area (Å²) >= 11 is 12.1. The molecule has 158 valence electrons. The molecule has 10 heteroatoms. The highest BCUT2D eigenvalue weighted by Gasteiger charge is 2.41. The molecule has 1 N–H and O–H groups in total. The van der Waals surface area contributed by atoms with Crippen LogP contribution in [-0.4, -0.2) is 41.4 Å². The maximum absolute atomic E-state index is 13.4. The largest absolute Gasteiger partial charge is 0.380 e. The number of hydrogen-bond donors (Lipinski definition) is 1. The van der Waals surface area contributed by atoms with Crippen molar-refractivity contribution in [2.45, 2.75) is 17.0 Å². The Morgan fingerprint density at radius 1 is 1.10 bits per heavy atom. The van der Waals surface area contributed by atoms with Crippen molar-refractivity contribution in [1.29, 1.82) is 0 Å². The van der Waals surface area contributed by atoms with Crippen molar-refractivity contribution in [3.63, 3.8) is 0 Å². The van der Waals surface area contributed by atoms with E-state index in [1.54, 1.807) is 41.9 Å². The summed E-state index contributed by atoms with van der Waals surface area (Å²) in [5.41, 5.74) is 1.56. The van der Waals surface area contributed by atoms with Crippen LogP contribution >= 0.6 is 23.2 Å². The Kier molecular flexibility index (Phi) is 5.76. The van der Waals surface area contributed by atoms with Gasteiger partial charge in [0, 0.05) is 44.0 Å². The van der Waals surface area contributed by atoms with Crippen LogP contribution in [-0.2, 0) is 17.1 Å². The van der Waals surface area contributed by atoms with Gasteiger partial charge in [0.1, 0.15) is 5.82 Å². The molecule has 30 heavy (non-hydrogen) atoms. The minimum atomic E-state index is -3.77. The SMILES string of the molecule is Cn1cnc(S(=O)(=O)N2C[C@H](Nc3ccc(Cl)c(Cl)c3)[C@@H](c3ccc(F)cc3)C2)c1. The summed E-state index contributed by atoms with van der Waals surface area (Å²) in [6.07, 6.45) is 2.92. The Bertz CT molecular complexity index is 1170. The first-order chi connectivity index (χ1) is 14.2. The van der Waals surface area contributed by atoms with Gasteiger partial charge in [-0.3, -0.25) is 0 Å². The van der Waals surface area contributed by atoms with Crippen molar-refractivity contribution in [3.8, 4) is 0 Å². The lowest BCUT2D eigenvalue weighted by molar-refractivity contribution is 0.468. The predicted molar refractivity (Wildman–Crippen MR) is 115 cm³/mol. The van der Waals surface area contributed by atoms with Crippen molar-refractivity contribution in [3.05, 3.63) is 76.4 Å². The Hall–Kier alpha value is -2.13. The molecule has 6 nitrogen and oxygen atoms in total. The molecule has 1 saturated heterocycles. The van der Waals surface area contributed by atoms with Crippen molar-refractivity contribution < 1.29 is 12.8 Å². The zero-order chi connectivity index (χ0) is 21.5. The fraction of sp³-hybridized carbons (Fsp3) is 0.250. The van der Waals surface area contributed by atoms with Gasteiger partial charge in [-0.05, 0) is 35.9 Å². The van der Waals surface area contributed by atoms with Crippen LogP contribution in [0, 0.1) is 5.82 Å². The van der Waals surface area contributed by atoms with Gasteiger partial charge >= 0.3 is 0 Å². The van der Waals surface area contributed by atoms with Crippen LogP contribution in [0.25, 0.3) is 0 Å². The molecule has 0 saturated carbocycles. The van der Waals surface area contributed by atoms with Crippen LogP contribution in [0.3, 0.4) is 0 Å². The van der Waals surface area contributed by atoms with Gasteiger partial charge in [-0.25, -0.2) is 17.8 Å². The molecule has 2 atom stereocenters. The van der Waals surface area contributed by atoms with E-state index in [0.29, 0.717) is 10.0 Å². The molecule has 0 aliphatic carbocycles. The molecule has 3 aromatic rings. The third-order valence-electron chi connectivity index (χ3n) is 5.14. The van der Waals surface area contributed by atoms with E-state index in [0.717, 1.165) is 11.3 Å². The van der Waals surface area contributed by atoms with Crippen LogP contribution in [0.4, 0.5) is 10.1 Å². The summed E-state index contributed by atoms with van der Waals surface area (Å²) in [5.74, 6) is -0.540. The molecule has 1 aliphatic rings. The predicted octanol–water partition coefficient (Wildman–Crippen LogP) is 4.13. The highest BCUT2D eigenvalue weighted by atomic mass is 35.5. The second-order valence-corrected chi connectivity index (χ2v) is 9.94. The number of halogens is 3. The molecule has 0 spiro atoms. The fourth-order valence-electron chi connectivity index (χ4n) is 3.61. The second-order valence-electron chi connectivity index (χ2n) is 7.24. The van der Waals surface area contributed by atoms with Gasteiger partial charge in [0.2, 0.25) is 0 Å². The van der Waals surface area contributed by atoms with E-state index in [1.165, 1.54) is 29.0 Å². The molecule has 2 aromatic carbocycles. The van der Waals surface area contributed by atoms with E-state index in [-0.39, 0.29) is 35.9 Å². The van der Waals surface area contributed by atoms with Crippen LogP contribution < -0.4 is 5.32 Å². The number of nitrogens with one attached hydrogen (secondary N) is 1. The van der Waals surface area contributed by atoms with Crippen molar-refractivity contribution in [2.75, 3.05) is 18.4 Å². The molecule has 4 rings (SSSR count). The van der Waals surface area contributed by atoms with Gasteiger partial charge in [0.15, 0.2) is 5.03 Å². The first kappa shape index (κ1) is 21.1. The number of imidazole rings is 1. The zero-order valence-electron chi connectivity index (χ0n) is 16.0. The normalized spacial score (nSPS) is 19.9. The Morgan fingerprint density at radius 3 is 2.47 bits per heavy atom. The molecule has 0 radical (unpaired) electrons.